The number of benzene rings is 2. The summed E-state index contributed by atoms with van der Waals surface area (Å²) in [5.74, 6) is -0.262. The summed E-state index contributed by atoms with van der Waals surface area (Å²) in [6.07, 6.45) is 0.0873. The van der Waals surface area contributed by atoms with Gasteiger partial charge in [0.15, 0.2) is 0 Å². The fourth-order valence-corrected chi connectivity index (χ4v) is 5.69. The molecule has 1 aromatic heterocycles. The van der Waals surface area contributed by atoms with E-state index in [2.05, 4.69) is 10.3 Å². The molecule has 0 unspecified atom stereocenters. The van der Waals surface area contributed by atoms with Crippen molar-refractivity contribution in [2.75, 3.05) is 31.6 Å². The SMILES string of the molecule is Cc1ccc(S(=O)(=O)N2CCOCC2)cc1NC(=O)Cc1csc(-c2ccc(Cl)cc2)n1. The zero-order valence-electron chi connectivity index (χ0n) is 17.4. The van der Waals surface area contributed by atoms with Crippen LogP contribution in [0.25, 0.3) is 10.6 Å². The summed E-state index contributed by atoms with van der Waals surface area (Å²) in [7, 11) is -3.64. The lowest BCUT2D eigenvalue weighted by Crippen LogP contribution is -2.40. The molecule has 32 heavy (non-hydrogen) atoms. The van der Waals surface area contributed by atoms with Crippen molar-refractivity contribution < 1.29 is 17.9 Å². The number of thiazole rings is 1. The van der Waals surface area contributed by atoms with Gasteiger partial charge in [-0.15, -0.1) is 11.3 Å². The Kier molecular flexibility index (Phi) is 6.92. The first-order valence-electron chi connectivity index (χ1n) is 10.0. The number of nitrogens with zero attached hydrogens (tertiary/aromatic N) is 2. The molecule has 2 aromatic carbocycles. The van der Waals surface area contributed by atoms with Crippen LogP contribution in [0.2, 0.25) is 5.02 Å². The van der Waals surface area contributed by atoms with Crippen molar-refractivity contribution in [3.63, 3.8) is 0 Å². The molecule has 0 atom stereocenters. The Bertz CT molecular complexity index is 1220. The Morgan fingerprint density at radius 3 is 2.62 bits per heavy atom. The first kappa shape index (κ1) is 22.9. The molecule has 1 saturated heterocycles. The molecule has 3 aromatic rings. The van der Waals surface area contributed by atoms with Gasteiger partial charge in [-0.05, 0) is 36.8 Å². The summed E-state index contributed by atoms with van der Waals surface area (Å²) in [5, 5.41) is 6.13. The Morgan fingerprint density at radius 2 is 1.91 bits per heavy atom. The molecule has 0 radical (unpaired) electrons. The third-order valence-electron chi connectivity index (χ3n) is 5.08. The average molecular weight is 492 g/mol. The summed E-state index contributed by atoms with van der Waals surface area (Å²) in [6.45, 7) is 3.21. The van der Waals surface area contributed by atoms with E-state index in [4.69, 9.17) is 16.3 Å². The largest absolute Gasteiger partial charge is 0.379 e. The number of morpholine rings is 1. The van der Waals surface area contributed by atoms with Gasteiger partial charge in [-0.2, -0.15) is 4.31 Å². The average Bonchev–Trinajstić information content (AvgIpc) is 3.24. The molecule has 7 nitrogen and oxygen atoms in total. The molecule has 1 N–H and O–H groups in total. The fraction of sp³-hybridized carbons (Fsp3) is 0.273. The van der Waals surface area contributed by atoms with Gasteiger partial charge in [0.05, 0.1) is 30.2 Å². The van der Waals surface area contributed by atoms with Crippen LogP contribution in [0.15, 0.2) is 52.7 Å². The van der Waals surface area contributed by atoms with E-state index in [9.17, 15) is 13.2 Å². The molecular weight excluding hydrogens is 470 g/mol. The zero-order chi connectivity index (χ0) is 22.7. The lowest BCUT2D eigenvalue weighted by Gasteiger charge is -2.26. The highest BCUT2D eigenvalue weighted by Crippen LogP contribution is 2.26. The number of aryl methyl sites for hydroxylation is 1. The van der Waals surface area contributed by atoms with Gasteiger partial charge in [0.2, 0.25) is 15.9 Å². The minimum absolute atomic E-state index is 0.0873. The van der Waals surface area contributed by atoms with Gasteiger partial charge in [0.1, 0.15) is 5.01 Å². The summed E-state index contributed by atoms with van der Waals surface area (Å²) in [6, 6.07) is 12.1. The second-order valence-electron chi connectivity index (χ2n) is 7.37. The molecule has 168 valence electrons. The zero-order valence-corrected chi connectivity index (χ0v) is 19.8. The van der Waals surface area contributed by atoms with Crippen molar-refractivity contribution in [2.45, 2.75) is 18.2 Å². The number of rotatable bonds is 6. The van der Waals surface area contributed by atoms with Crippen LogP contribution in [-0.4, -0.2) is 49.9 Å². The van der Waals surface area contributed by atoms with Crippen LogP contribution in [0.4, 0.5) is 5.69 Å². The van der Waals surface area contributed by atoms with Crippen LogP contribution in [0.3, 0.4) is 0 Å². The summed E-state index contributed by atoms with van der Waals surface area (Å²) < 4.78 is 32.5. The summed E-state index contributed by atoms with van der Waals surface area (Å²) >= 11 is 7.38. The van der Waals surface area contributed by atoms with E-state index in [1.54, 1.807) is 24.3 Å². The van der Waals surface area contributed by atoms with Gasteiger partial charge in [0, 0.05) is 34.7 Å². The Morgan fingerprint density at radius 1 is 1.19 bits per heavy atom. The van der Waals surface area contributed by atoms with Crippen LogP contribution < -0.4 is 5.32 Å². The normalized spacial score (nSPS) is 14.9. The van der Waals surface area contributed by atoms with Gasteiger partial charge in [0.25, 0.3) is 0 Å². The van der Waals surface area contributed by atoms with E-state index in [0.29, 0.717) is 42.7 Å². The van der Waals surface area contributed by atoms with Crippen LogP contribution in [0.5, 0.6) is 0 Å². The molecule has 0 bridgehead atoms. The number of ether oxygens (including phenoxy) is 1. The van der Waals surface area contributed by atoms with E-state index in [0.717, 1.165) is 16.1 Å². The molecule has 0 aliphatic carbocycles. The quantitative estimate of drug-likeness (QED) is 0.563. The number of nitrogens with one attached hydrogen (secondary N) is 1. The number of hydrogen-bond acceptors (Lipinski definition) is 6. The highest BCUT2D eigenvalue weighted by molar-refractivity contribution is 7.89. The molecule has 0 spiro atoms. The van der Waals surface area contributed by atoms with E-state index < -0.39 is 10.0 Å². The van der Waals surface area contributed by atoms with Crippen molar-refractivity contribution in [3.05, 3.63) is 64.1 Å². The number of anilines is 1. The Balaban J connectivity index is 1.46. The molecule has 0 saturated carbocycles. The third-order valence-corrected chi connectivity index (χ3v) is 8.16. The van der Waals surface area contributed by atoms with Gasteiger partial charge < -0.3 is 10.1 Å². The van der Waals surface area contributed by atoms with Gasteiger partial charge in [-0.1, -0.05) is 29.8 Å². The Labute approximate surface area is 196 Å². The number of sulfonamides is 1. The van der Waals surface area contributed by atoms with Crippen molar-refractivity contribution in [1.82, 2.24) is 9.29 Å². The first-order valence-corrected chi connectivity index (χ1v) is 12.7. The maximum absolute atomic E-state index is 12.9. The van der Waals surface area contributed by atoms with Crippen molar-refractivity contribution in [3.8, 4) is 10.6 Å². The molecule has 1 fully saturated rings. The van der Waals surface area contributed by atoms with Crippen LogP contribution >= 0.6 is 22.9 Å². The highest BCUT2D eigenvalue weighted by atomic mass is 35.5. The smallest absolute Gasteiger partial charge is 0.243 e. The number of amides is 1. The molecule has 2 heterocycles. The lowest BCUT2D eigenvalue weighted by atomic mass is 10.2. The second kappa shape index (κ2) is 9.68. The van der Waals surface area contributed by atoms with Crippen LogP contribution in [0, 0.1) is 6.92 Å². The predicted molar refractivity (Wildman–Crippen MR) is 126 cm³/mol. The fourth-order valence-electron chi connectivity index (χ4n) is 3.30. The Hall–Kier alpha value is -2.30. The van der Waals surface area contributed by atoms with Gasteiger partial charge in [-0.3, -0.25) is 4.79 Å². The van der Waals surface area contributed by atoms with Gasteiger partial charge in [-0.25, -0.2) is 13.4 Å². The number of carbonyl (C=O) groups is 1. The topological polar surface area (TPSA) is 88.6 Å². The number of aromatic nitrogens is 1. The number of halogens is 1. The maximum Gasteiger partial charge on any atom is 0.243 e. The number of hydrogen-bond donors (Lipinski definition) is 1. The molecular formula is C22H22ClN3O4S2. The third kappa shape index (κ3) is 5.19. The lowest BCUT2D eigenvalue weighted by molar-refractivity contribution is -0.115. The molecule has 4 rings (SSSR count). The summed E-state index contributed by atoms with van der Waals surface area (Å²) in [4.78, 5) is 17.3. The monoisotopic (exact) mass is 491 g/mol. The van der Waals surface area contributed by atoms with Crippen LogP contribution in [0.1, 0.15) is 11.3 Å². The molecule has 10 heteroatoms. The predicted octanol–water partition coefficient (Wildman–Crippen LogP) is 3.97. The molecule has 1 aliphatic heterocycles. The van der Waals surface area contributed by atoms with E-state index in [1.165, 1.54) is 21.7 Å². The van der Waals surface area contributed by atoms with E-state index in [1.807, 2.05) is 24.4 Å². The van der Waals surface area contributed by atoms with Crippen molar-refractivity contribution >= 4 is 44.6 Å². The minimum atomic E-state index is -3.64. The molecule has 1 amide bonds. The first-order chi connectivity index (χ1) is 15.3. The summed E-state index contributed by atoms with van der Waals surface area (Å²) in [5.41, 5.74) is 2.83. The molecule has 1 aliphatic rings. The standard InChI is InChI=1S/C22H22ClN3O4S2/c1-15-2-7-19(32(28,29)26-8-10-30-11-9-26)13-20(15)25-21(27)12-18-14-31-22(24-18)16-3-5-17(23)6-4-16/h2-7,13-14H,8-12H2,1H3,(H,25,27). The van der Waals surface area contributed by atoms with E-state index in [-0.39, 0.29) is 17.2 Å². The minimum Gasteiger partial charge on any atom is -0.379 e. The van der Waals surface area contributed by atoms with E-state index >= 15 is 0 Å². The van der Waals surface area contributed by atoms with Crippen molar-refractivity contribution in [2.24, 2.45) is 0 Å². The van der Waals surface area contributed by atoms with Crippen LogP contribution in [-0.2, 0) is 26.0 Å². The second-order valence-corrected chi connectivity index (χ2v) is 10.6. The van der Waals surface area contributed by atoms with Crippen molar-refractivity contribution in [1.29, 1.82) is 0 Å². The highest BCUT2D eigenvalue weighted by Gasteiger charge is 2.27. The number of carbonyl (C=O) groups excluding carboxylic acids is 1. The van der Waals surface area contributed by atoms with Gasteiger partial charge >= 0.3 is 0 Å². The maximum atomic E-state index is 12.9.